The zero-order valence-corrected chi connectivity index (χ0v) is 45.4. The number of carbonyl (C=O) groups is 1. The predicted molar refractivity (Wildman–Crippen MR) is 290 cm³/mol. The summed E-state index contributed by atoms with van der Waals surface area (Å²) in [7, 11) is 0. The van der Waals surface area contributed by atoms with Gasteiger partial charge in [0.25, 0.3) is 0 Å². The van der Waals surface area contributed by atoms with Gasteiger partial charge in [0, 0.05) is 6.42 Å². The number of nitrogens with one attached hydrogen (secondary N) is 1. The fourth-order valence-corrected chi connectivity index (χ4v) is 8.76. The summed E-state index contributed by atoms with van der Waals surface area (Å²) < 4.78 is 34.1. The Balaban J connectivity index is 1.58. The largest absolute Gasteiger partial charge is 0.394 e. The van der Waals surface area contributed by atoms with E-state index in [0.29, 0.717) is 12.8 Å². The highest BCUT2D eigenvalue weighted by Crippen LogP contribution is 2.33. The van der Waals surface area contributed by atoms with Crippen LogP contribution in [0.2, 0.25) is 0 Å². The first-order valence-electron chi connectivity index (χ1n) is 28.0. The van der Waals surface area contributed by atoms with Crippen molar-refractivity contribution < 1.29 is 89.4 Å². The fourth-order valence-electron chi connectivity index (χ4n) is 8.76. The van der Waals surface area contributed by atoms with Gasteiger partial charge in [0.1, 0.15) is 73.2 Å². The Kier molecular flexibility index (Phi) is 36.0. The number of rotatable bonds is 38. The van der Waals surface area contributed by atoms with Crippen LogP contribution in [0.5, 0.6) is 0 Å². The molecule has 0 aromatic carbocycles. The molecule has 3 heterocycles. The molecule has 0 aromatic rings. The third kappa shape index (κ3) is 25.4. The number of hydrogen-bond donors (Lipinski definition) is 12. The monoisotopic (exact) mass is 1090 g/mol. The summed E-state index contributed by atoms with van der Waals surface area (Å²) in [5.74, 6) is -0.422. The molecule has 3 aliphatic heterocycles. The summed E-state index contributed by atoms with van der Waals surface area (Å²) in [6.07, 6.45) is 22.8. The SMILES string of the molecule is CC/C=C\C/C=C\C/C=C\C/C=C\C/C=C\CC(=O)NC(COC1OC(CO)C(OC2OC(CO)C(OC3OC(CO)C(O)C(O)C3O)C(O)C2O)C(O)C1O)C(O)/C=C/CC/C=C/CC/C=C/CCCCCCCCC. The maximum atomic E-state index is 13.2. The Morgan fingerprint density at radius 2 is 0.909 bits per heavy atom. The lowest BCUT2D eigenvalue weighted by Crippen LogP contribution is -2.66. The quantitative estimate of drug-likeness (QED) is 0.0309. The molecule has 3 saturated heterocycles. The van der Waals surface area contributed by atoms with E-state index in [9.17, 15) is 61.0 Å². The Labute approximate surface area is 456 Å². The molecule has 3 rings (SSSR count). The minimum atomic E-state index is -1.99. The van der Waals surface area contributed by atoms with Crippen molar-refractivity contribution in [1.29, 1.82) is 0 Å². The molecule has 19 nitrogen and oxygen atoms in total. The van der Waals surface area contributed by atoms with Crippen molar-refractivity contribution >= 4 is 5.91 Å². The van der Waals surface area contributed by atoms with Crippen molar-refractivity contribution in [2.45, 2.75) is 234 Å². The number of amides is 1. The van der Waals surface area contributed by atoms with Crippen LogP contribution in [0.25, 0.3) is 0 Å². The molecule has 3 aliphatic rings. The van der Waals surface area contributed by atoms with Gasteiger partial charge in [0.2, 0.25) is 5.91 Å². The van der Waals surface area contributed by atoms with E-state index in [1.165, 1.54) is 44.9 Å². The van der Waals surface area contributed by atoms with Gasteiger partial charge in [-0.1, -0.05) is 150 Å². The number of hydrogen-bond acceptors (Lipinski definition) is 18. The number of carbonyl (C=O) groups excluding carboxylic acids is 1. The summed E-state index contributed by atoms with van der Waals surface area (Å²) in [5, 5.41) is 120. The lowest BCUT2D eigenvalue weighted by Gasteiger charge is -2.48. The molecule has 17 unspecified atom stereocenters. The highest BCUT2D eigenvalue weighted by molar-refractivity contribution is 5.77. The molecule has 440 valence electrons. The molecule has 0 spiro atoms. The van der Waals surface area contributed by atoms with Crippen molar-refractivity contribution in [2.24, 2.45) is 0 Å². The molecular formula is C58H95NO18. The second-order valence-corrected chi connectivity index (χ2v) is 19.7. The molecule has 12 N–H and O–H groups in total. The first kappa shape index (κ1) is 68.0. The van der Waals surface area contributed by atoms with E-state index in [0.717, 1.165) is 51.4 Å². The van der Waals surface area contributed by atoms with Crippen LogP contribution in [-0.2, 0) is 33.2 Å². The number of ether oxygens (including phenoxy) is 6. The second-order valence-electron chi connectivity index (χ2n) is 19.7. The molecule has 0 bridgehead atoms. The molecule has 1 amide bonds. The second kappa shape index (κ2) is 40.8. The van der Waals surface area contributed by atoms with Gasteiger partial charge in [-0.25, -0.2) is 0 Å². The molecule has 3 fully saturated rings. The van der Waals surface area contributed by atoms with Crippen LogP contribution in [0.3, 0.4) is 0 Å². The van der Waals surface area contributed by atoms with Crippen molar-refractivity contribution in [2.75, 3.05) is 26.4 Å². The zero-order chi connectivity index (χ0) is 56.2. The third-order valence-corrected chi connectivity index (χ3v) is 13.4. The molecule has 0 aromatic heterocycles. The van der Waals surface area contributed by atoms with Crippen LogP contribution in [-0.4, -0.2) is 193 Å². The van der Waals surface area contributed by atoms with Gasteiger partial charge in [-0.05, 0) is 70.6 Å². The van der Waals surface area contributed by atoms with Gasteiger partial charge in [0.05, 0.1) is 38.6 Å². The Morgan fingerprint density at radius 1 is 0.481 bits per heavy atom. The predicted octanol–water partition coefficient (Wildman–Crippen LogP) is 3.81. The van der Waals surface area contributed by atoms with Gasteiger partial charge < -0.3 is 89.9 Å². The van der Waals surface area contributed by atoms with E-state index < -0.39 is 137 Å². The van der Waals surface area contributed by atoms with Gasteiger partial charge in [0.15, 0.2) is 18.9 Å². The van der Waals surface area contributed by atoms with Gasteiger partial charge in [-0.2, -0.15) is 0 Å². The average molecular weight is 1090 g/mol. The molecule has 77 heavy (non-hydrogen) atoms. The molecule has 0 aliphatic carbocycles. The number of unbranched alkanes of at least 4 members (excludes halogenated alkanes) is 9. The van der Waals surface area contributed by atoms with Crippen LogP contribution in [0.4, 0.5) is 0 Å². The Morgan fingerprint density at radius 3 is 1.43 bits per heavy atom. The highest BCUT2D eigenvalue weighted by Gasteiger charge is 2.53. The Bertz CT molecular complexity index is 1780. The number of aliphatic hydroxyl groups excluding tert-OH is 11. The lowest BCUT2D eigenvalue weighted by atomic mass is 9.96. The Hall–Kier alpha value is -3.29. The number of aliphatic hydroxyl groups is 11. The summed E-state index contributed by atoms with van der Waals surface area (Å²) in [4.78, 5) is 13.2. The standard InChI is InChI=1S/C58H95NO18/c1-3-5-7-9-11-13-15-17-19-20-22-23-25-27-29-31-33-35-42(63)41(59-46(64)36-34-32-30-28-26-24-21-18-16-14-12-10-8-6-4-2)40-72-56-52(70)49(67)54(44(38-61)74-56)77-58-53(71)50(68)55(45(39-62)75-58)76-57-51(69)48(66)47(65)43(37-60)73-57/h6,8,12,14,18-21,25-28,32-35,41-45,47-58,60-63,65-71H,3-5,7,9-11,13,15-17,22-24,29-31,36-40H2,1-2H3,(H,59,64)/b8-6-,14-12-,20-19+,21-18-,27-25+,28-26-,34-32-,35-33+. The normalized spacial score (nSPS) is 31.5. The summed E-state index contributed by atoms with van der Waals surface area (Å²) >= 11 is 0. The van der Waals surface area contributed by atoms with Gasteiger partial charge in [-0.15, -0.1) is 0 Å². The minimum Gasteiger partial charge on any atom is -0.394 e. The molecule has 19 heteroatoms. The van der Waals surface area contributed by atoms with Crippen molar-refractivity contribution in [3.8, 4) is 0 Å². The van der Waals surface area contributed by atoms with Gasteiger partial charge in [-0.3, -0.25) is 4.79 Å². The van der Waals surface area contributed by atoms with Crippen molar-refractivity contribution in [3.05, 3.63) is 97.2 Å². The van der Waals surface area contributed by atoms with Crippen molar-refractivity contribution in [3.63, 3.8) is 0 Å². The first-order valence-corrected chi connectivity index (χ1v) is 28.0. The van der Waals surface area contributed by atoms with Gasteiger partial charge >= 0.3 is 0 Å². The van der Waals surface area contributed by atoms with Crippen LogP contribution >= 0.6 is 0 Å². The summed E-state index contributed by atoms with van der Waals surface area (Å²) in [6, 6.07) is -1.06. The highest BCUT2D eigenvalue weighted by atomic mass is 16.8. The van der Waals surface area contributed by atoms with Crippen LogP contribution in [0.1, 0.15) is 129 Å². The fraction of sp³-hybridized carbons (Fsp3) is 0.707. The summed E-state index contributed by atoms with van der Waals surface area (Å²) in [6.45, 7) is 1.46. The van der Waals surface area contributed by atoms with E-state index in [1.807, 2.05) is 18.2 Å². The van der Waals surface area contributed by atoms with Crippen LogP contribution < -0.4 is 5.32 Å². The number of allylic oxidation sites excluding steroid dienone is 14. The van der Waals surface area contributed by atoms with Crippen LogP contribution in [0.15, 0.2) is 97.2 Å². The first-order chi connectivity index (χ1) is 37.3. The smallest absolute Gasteiger partial charge is 0.224 e. The van der Waals surface area contributed by atoms with E-state index in [4.69, 9.17) is 28.4 Å². The molecule has 0 radical (unpaired) electrons. The van der Waals surface area contributed by atoms with E-state index >= 15 is 0 Å². The van der Waals surface area contributed by atoms with E-state index in [2.05, 4.69) is 79.9 Å². The lowest BCUT2D eigenvalue weighted by molar-refractivity contribution is -0.379. The third-order valence-electron chi connectivity index (χ3n) is 13.4. The van der Waals surface area contributed by atoms with E-state index in [1.54, 1.807) is 18.2 Å². The van der Waals surface area contributed by atoms with E-state index in [-0.39, 0.29) is 6.42 Å². The molecule has 0 saturated carbocycles. The molecule has 17 atom stereocenters. The van der Waals surface area contributed by atoms with Crippen molar-refractivity contribution in [1.82, 2.24) is 5.32 Å². The maximum Gasteiger partial charge on any atom is 0.224 e. The maximum absolute atomic E-state index is 13.2. The minimum absolute atomic E-state index is 0.00597. The molecular weight excluding hydrogens is 999 g/mol. The summed E-state index contributed by atoms with van der Waals surface area (Å²) in [5.41, 5.74) is 0. The zero-order valence-electron chi connectivity index (χ0n) is 45.4. The van der Waals surface area contributed by atoms with Crippen LogP contribution in [0, 0.1) is 0 Å². The average Bonchev–Trinajstić information content (AvgIpc) is 3.43. The topological polar surface area (TPSA) is 307 Å².